The van der Waals surface area contributed by atoms with Gasteiger partial charge >= 0.3 is 12.2 Å². The van der Waals surface area contributed by atoms with Crippen molar-refractivity contribution in [1.29, 1.82) is 0 Å². The summed E-state index contributed by atoms with van der Waals surface area (Å²) in [5, 5.41) is 25.7. The lowest BCUT2D eigenvalue weighted by Crippen LogP contribution is -2.66. The van der Waals surface area contributed by atoms with Crippen molar-refractivity contribution in [3.05, 3.63) is 58.6 Å². The Hall–Kier alpha value is -2.98. The molecule has 7 nitrogen and oxygen atoms in total. The number of alkyl halides is 3. The van der Waals surface area contributed by atoms with E-state index >= 15 is 0 Å². The molecule has 0 unspecified atom stereocenters. The van der Waals surface area contributed by atoms with Crippen LogP contribution in [0.15, 0.2) is 42.5 Å². The number of aliphatic hydroxyl groups is 1. The molecule has 3 atom stereocenters. The van der Waals surface area contributed by atoms with Gasteiger partial charge in [-0.25, -0.2) is 4.79 Å². The van der Waals surface area contributed by atoms with Gasteiger partial charge in [0.15, 0.2) is 17.2 Å². The Morgan fingerprint density at radius 1 is 1.23 bits per heavy atom. The molecule has 31 heavy (non-hydrogen) atoms. The van der Waals surface area contributed by atoms with Crippen LogP contribution in [0.3, 0.4) is 0 Å². The van der Waals surface area contributed by atoms with Crippen molar-refractivity contribution >= 4 is 23.4 Å². The molecule has 11 heteroatoms. The second-order valence-electron chi connectivity index (χ2n) is 6.85. The third-order valence-corrected chi connectivity index (χ3v) is 5.12. The summed E-state index contributed by atoms with van der Waals surface area (Å²) in [5.74, 6) is -4.79. The number of benzene rings is 2. The van der Waals surface area contributed by atoms with Gasteiger partial charge in [-0.3, -0.25) is 4.79 Å². The molecular formula is C20H18ClF3N2O5. The lowest BCUT2D eigenvalue weighted by atomic mass is 9.76. The number of phenols is 1. The minimum absolute atomic E-state index is 0.0195. The van der Waals surface area contributed by atoms with Gasteiger partial charge in [0, 0.05) is 10.6 Å². The summed E-state index contributed by atoms with van der Waals surface area (Å²) in [6.07, 6.45) is -5.31. The molecule has 2 amide bonds. The van der Waals surface area contributed by atoms with Gasteiger partial charge in [-0.15, -0.1) is 0 Å². The molecular weight excluding hydrogens is 441 g/mol. The van der Waals surface area contributed by atoms with E-state index in [1.165, 1.54) is 36.4 Å². The van der Waals surface area contributed by atoms with Crippen LogP contribution >= 0.6 is 11.6 Å². The number of rotatable bonds is 5. The summed E-state index contributed by atoms with van der Waals surface area (Å²) in [7, 11) is 0. The van der Waals surface area contributed by atoms with Gasteiger partial charge < -0.3 is 25.6 Å². The highest BCUT2D eigenvalue weighted by atomic mass is 35.5. The second kappa shape index (κ2) is 8.27. The second-order valence-corrected chi connectivity index (χ2v) is 7.29. The van der Waals surface area contributed by atoms with Crippen molar-refractivity contribution in [3.63, 3.8) is 0 Å². The summed E-state index contributed by atoms with van der Waals surface area (Å²) in [6, 6.07) is 6.03. The number of hydrogen-bond acceptors (Lipinski definition) is 5. The highest BCUT2D eigenvalue weighted by Gasteiger charge is 2.59. The predicted octanol–water partition coefficient (Wildman–Crippen LogP) is 3.39. The molecule has 1 saturated heterocycles. The molecule has 1 fully saturated rings. The maximum absolute atomic E-state index is 13.5. The number of Topliss-reactive ketones (excluding diaryl/α,β-unsaturated/α-hetero) is 1. The zero-order valence-electron chi connectivity index (χ0n) is 16.0. The molecule has 1 aliphatic heterocycles. The first-order valence-corrected chi connectivity index (χ1v) is 9.49. The number of carbonyl (C=O) groups is 2. The van der Waals surface area contributed by atoms with Crippen LogP contribution in [0.25, 0.3) is 0 Å². The lowest BCUT2D eigenvalue weighted by Gasteiger charge is -2.45. The van der Waals surface area contributed by atoms with Crippen molar-refractivity contribution in [1.82, 2.24) is 10.6 Å². The number of ether oxygens (including phenoxy) is 1. The number of aromatic hydroxyl groups is 1. The molecule has 166 valence electrons. The molecule has 1 heterocycles. The van der Waals surface area contributed by atoms with E-state index in [0.717, 1.165) is 6.07 Å². The maximum Gasteiger partial charge on any atom is 0.450 e. The summed E-state index contributed by atoms with van der Waals surface area (Å²) in [5.41, 5.74) is -2.84. The topological polar surface area (TPSA) is 108 Å². The van der Waals surface area contributed by atoms with Gasteiger partial charge in [0.2, 0.25) is 5.78 Å². The molecule has 2 aromatic rings. The molecule has 0 bridgehead atoms. The monoisotopic (exact) mass is 458 g/mol. The van der Waals surface area contributed by atoms with Gasteiger partial charge in [0.05, 0.1) is 12.6 Å². The average molecular weight is 459 g/mol. The van der Waals surface area contributed by atoms with E-state index < -0.39 is 35.7 Å². The van der Waals surface area contributed by atoms with E-state index in [9.17, 15) is 33.0 Å². The number of ketones is 1. The van der Waals surface area contributed by atoms with E-state index in [1.807, 2.05) is 5.32 Å². The van der Waals surface area contributed by atoms with Crippen molar-refractivity contribution in [2.45, 2.75) is 24.9 Å². The third kappa shape index (κ3) is 4.40. The van der Waals surface area contributed by atoms with Crippen molar-refractivity contribution in [2.24, 2.45) is 5.92 Å². The van der Waals surface area contributed by atoms with E-state index in [0.29, 0.717) is 0 Å². The van der Waals surface area contributed by atoms with Crippen LogP contribution in [0.1, 0.15) is 24.1 Å². The first kappa shape index (κ1) is 22.7. The standard InChI is InChI=1S/C20H18ClF3N2O5/c1-2-31-14-9-10(3-8-13(14)27)16-15(17(28)20(22,23)24)19(30,26-18(29)25-16)11-4-6-12(21)7-5-11/h3-9,15-16,27,30H,2H2,1H3,(H2,25,26,29)/t15-,16-,19+/m0/s1. The van der Waals surface area contributed by atoms with Crippen LogP contribution in [-0.4, -0.2) is 34.8 Å². The molecule has 0 aromatic heterocycles. The number of phenolic OH excluding ortho intramolecular Hbond substituents is 1. The molecule has 0 spiro atoms. The maximum atomic E-state index is 13.5. The largest absolute Gasteiger partial charge is 0.504 e. The van der Waals surface area contributed by atoms with Gasteiger partial charge in [0.1, 0.15) is 5.92 Å². The van der Waals surface area contributed by atoms with Crippen molar-refractivity contribution < 1.29 is 37.7 Å². The van der Waals surface area contributed by atoms with E-state index in [4.69, 9.17) is 16.3 Å². The Morgan fingerprint density at radius 3 is 2.45 bits per heavy atom. The molecule has 3 rings (SSSR count). The molecule has 2 aromatic carbocycles. The number of urea groups is 1. The van der Waals surface area contributed by atoms with Gasteiger partial charge in [-0.1, -0.05) is 29.8 Å². The van der Waals surface area contributed by atoms with Crippen LogP contribution in [0.4, 0.5) is 18.0 Å². The molecule has 1 aliphatic rings. The SMILES string of the molecule is CCOc1cc([C@@H]2NC(=O)N[C@@](O)(c3ccc(Cl)cc3)[C@@H]2C(=O)C(F)(F)F)ccc1O. The summed E-state index contributed by atoms with van der Waals surface area (Å²) >= 11 is 5.82. The van der Waals surface area contributed by atoms with Gasteiger partial charge in [-0.05, 0) is 36.8 Å². The van der Waals surface area contributed by atoms with Gasteiger partial charge in [-0.2, -0.15) is 13.2 Å². The summed E-state index contributed by atoms with van der Waals surface area (Å²) in [4.78, 5) is 24.8. The van der Waals surface area contributed by atoms with Crippen LogP contribution in [0, 0.1) is 5.92 Å². The number of halogens is 4. The zero-order valence-corrected chi connectivity index (χ0v) is 16.8. The molecule has 0 radical (unpaired) electrons. The highest BCUT2D eigenvalue weighted by Crippen LogP contribution is 2.44. The Kier molecular flexibility index (Phi) is 6.06. The van der Waals surface area contributed by atoms with Crippen LogP contribution in [0.5, 0.6) is 11.5 Å². The van der Waals surface area contributed by atoms with E-state index in [-0.39, 0.29) is 34.3 Å². The number of nitrogens with one attached hydrogen (secondary N) is 2. The fraction of sp³-hybridized carbons (Fsp3) is 0.300. The first-order valence-electron chi connectivity index (χ1n) is 9.11. The van der Waals surface area contributed by atoms with Crippen LogP contribution < -0.4 is 15.4 Å². The van der Waals surface area contributed by atoms with Crippen molar-refractivity contribution in [3.8, 4) is 11.5 Å². The Labute approximate surface area is 179 Å². The molecule has 4 N–H and O–H groups in total. The van der Waals surface area contributed by atoms with E-state index in [2.05, 4.69) is 5.32 Å². The summed E-state index contributed by atoms with van der Waals surface area (Å²) in [6.45, 7) is 1.78. The van der Waals surface area contributed by atoms with Crippen LogP contribution in [0.2, 0.25) is 5.02 Å². The quantitative estimate of drug-likeness (QED) is 0.549. The lowest BCUT2D eigenvalue weighted by molar-refractivity contribution is -0.190. The normalized spacial score (nSPS) is 23.6. The van der Waals surface area contributed by atoms with Crippen LogP contribution in [-0.2, 0) is 10.5 Å². The summed E-state index contributed by atoms with van der Waals surface area (Å²) < 4.78 is 45.8. The Morgan fingerprint density at radius 2 is 1.87 bits per heavy atom. The highest BCUT2D eigenvalue weighted by molar-refractivity contribution is 6.30. The average Bonchev–Trinajstić information content (AvgIpc) is 2.68. The molecule has 0 aliphatic carbocycles. The smallest absolute Gasteiger partial charge is 0.450 e. The van der Waals surface area contributed by atoms with Gasteiger partial charge in [0.25, 0.3) is 0 Å². The van der Waals surface area contributed by atoms with Crippen molar-refractivity contribution in [2.75, 3.05) is 6.61 Å². The minimum atomic E-state index is -5.31. The zero-order chi connectivity index (χ0) is 23.0. The Balaban J connectivity index is 2.19. The third-order valence-electron chi connectivity index (χ3n) is 4.86. The van der Waals surface area contributed by atoms with E-state index in [1.54, 1.807) is 6.92 Å². The fourth-order valence-corrected chi connectivity index (χ4v) is 3.62. The predicted molar refractivity (Wildman–Crippen MR) is 104 cm³/mol. The Bertz CT molecular complexity index is 999. The number of amides is 2. The number of hydrogen-bond donors (Lipinski definition) is 4. The minimum Gasteiger partial charge on any atom is -0.504 e. The fourth-order valence-electron chi connectivity index (χ4n) is 3.50. The number of carbonyl (C=O) groups excluding carboxylic acids is 2. The first-order chi connectivity index (χ1) is 14.5. The molecule has 0 saturated carbocycles.